The molecular formula is C20H27Cl2HfSi. The van der Waals surface area contributed by atoms with Crippen LogP contribution in [0.2, 0.25) is 16.8 Å². The standard InChI is InChI=1S/C20H27Si.2ClH.Hf/c1-5-15-13-17-11-8-12-18(21(3)4)14(2)19(17)20(15)16-9-6-7-10-16;;;/h6-7,9,13-14H,5,8,10-12H2,1-4H3;2*1H;/q;;;+2/p-2. The molecule has 3 rings (SSSR count). The van der Waals surface area contributed by atoms with Gasteiger partial charge in [0.25, 0.3) is 0 Å². The van der Waals surface area contributed by atoms with E-state index in [9.17, 15) is 0 Å². The summed E-state index contributed by atoms with van der Waals surface area (Å²) in [6, 6.07) is 0. The second kappa shape index (κ2) is 8.02. The van der Waals surface area contributed by atoms with Gasteiger partial charge in [0.15, 0.2) is 0 Å². The van der Waals surface area contributed by atoms with Gasteiger partial charge in [-0.05, 0) is 0 Å². The second-order valence-electron chi connectivity index (χ2n) is 7.34. The molecule has 0 aromatic heterocycles. The molecule has 0 bridgehead atoms. The maximum absolute atomic E-state index is 6.72. The minimum atomic E-state index is -2.56. The fourth-order valence-electron chi connectivity index (χ4n) is 4.82. The van der Waals surface area contributed by atoms with Gasteiger partial charge in [-0.3, -0.25) is 0 Å². The van der Waals surface area contributed by atoms with Gasteiger partial charge in [-0.1, -0.05) is 0 Å². The molecule has 0 radical (unpaired) electrons. The average molecular weight is 545 g/mol. The van der Waals surface area contributed by atoms with Crippen LogP contribution in [0.5, 0.6) is 0 Å². The minimum absolute atomic E-state index is 0.376. The Balaban J connectivity index is 2.20. The summed E-state index contributed by atoms with van der Waals surface area (Å²) >= 11 is -2.56. The van der Waals surface area contributed by atoms with E-state index in [0.29, 0.717) is 9.59 Å². The molecule has 0 aromatic rings. The van der Waals surface area contributed by atoms with Gasteiger partial charge >= 0.3 is 165 Å². The zero-order valence-electron chi connectivity index (χ0n) is 15.2. The molecule has 0 spiro atoms. The van der Waals surface area contributed by atoms with E-state index in [4.69, 9.17) is 17.2 Å². The maximum atomic E-state index is 6.72. The van der Waals surface area contributed by atoms with Crippen LogP contribution >= 0.6 is 17.2 Å². The van der Waals surface area contributed by atoms with Gasteiger partial charge < -0.3 is 0 Å². The predicted molar refractivity (Wildman–Crippen MR) is 107 cm³/mol. The number of rotatable bonds is 3. The number of halogens is 2. The molecule has 0 aliphatic heterocycles. The summed E-state index contributed by atoms with van der Waals surface area (Å²) in [6.07, 6.45) is 12.8. The van der Waals surface area contributed by atoms with Crippen molar-refractivity contribution in [2.45, 2.75) is 62.7 Å². The zero-order chi connectivity index (χ0) is 17.4. The van der Waals surface area contributed by atoms with E-state index < -0.39 is 19.1 Å². The molecule has 2 atom stereocenters. The molecule has 0 saturated carbocycles. The molecule has 0 nitrogen and oxygen atoms in total. The van der Waals surface area contributed by atoms with Crippen LogP contribution in [0.15, 0.2) is 46.1 Å². The van der Waals surface area contributed by atoms with Crippen LogP contribution in [0.4, 0.5) is 0 Å². The molecule has 2 unspecified atom stereocenters. The molecule has 3 aliphatic carbocycles. The average Bonchev–Trinajstić information content (AvgIpc) is 3.11. The topological polar surface area (TPSA) is 0 Å². The van der Waals surface area contributed by atoms with Crippen molar-refractivity contribution in [3.05, 3.63) is 46.1 Å². The van der Waals surface area contributed by atoms with Gasteiger partial charge in [0.05, 0.1) is 0 Å². The molecule has 4 heteroatoms. The van der Waals surface area contributed by atoms with Gasteiger partial charge in [0.1, 0.15) is 0 Å². The van der Waals surface area contributed by atoms with E-state index >= 15 is 0 Å². The molecule has 0 heterocycles. The van der Waals surface area contributed by atoms with Crippen LogP contribution in [0.3, 0.4) is 0 Å². The summed E-state index contributed by atoms with van der Waals surface area (Å²) in [5.74, 6) is 0.591. The summed E-state index contributed by atoms with van der Waals surface area (Å²) in [4.78, 5) is 0. The van der Waals surface area contributed by atoms with E-state index in [1.807, 2.05) is 5.17 Å². The Morgan fingerprint density at radius 1 is 1.25 bits per heavy atom. The number of allylic oxidation sites excluding steroid dienone is 8. The Bertz CT molecular complexity index is 690. The molecule has 129 valence electrons. The van der Waals surface area contributed by atoms with Crippen molar-refractivity contribution < 1.29 is 19.1 Å². The Labute approximate surface area is 163 Å². The van der Waals surface area contributed by atoms with Crippen molar-refractivity contribution in [1.82, 2.24) is 0 Å². The first-order valence-corrected chi connectivity index (χ1v) is 22.6. The van der Waals surface area contributed by atoms with Crippen molar-refractivity contribution in [3.8, 4) is 0 Å². The summed E-state index contributed by atoms with van der Waals surface area (Å²) in [5, 5.41) is 1.82. The van der Waals surface area contributed by atoms with Gasteiger partial charge in [-0.25, -0.2) is 0 Å². The van der Waals surface area contributed by atoms with Crippen LogP contribution in [-0.4, -0.2) is 13.6 Å². The number of hydrogen-bond donors (Lipinski definition) is 0. The summed E-state index contributed by atoms with van der Waals surface area (Å²) in [5.41, 5.74) is 7.95. The monoisotopic (exact) mass is 545 g/mol. The molecule has 0 N–H and O–H groups in total. The second-order valence-corrected chi connectivity index (χ2v) is 22.4. The quantitative estimate of drug-likeness (QED) is 0.338. The van der Waals surface area contributed by atoms with Gasteiger partial charge in [-0.2, -0.15) is 0 Å². The molecule has 0 saturated heterocycles. The van der Waals surface area contributed by atoms with Crippen molar-refractivity contribution in [3.63, 3.8) is 0 Å². The normalized spacial score (nSPS) is 26.8. The Kier molecular flexibility index (Phi) is 6.44. The van der Waals surface area contributed by atoms with Crippen LogP contribution in [0, 0.1) is 5.92 Å². The third-order valence-electron chi connectivity index (χ3n) is 5.81. The fraction of sp³-hybridized carbons (Fsp3) is 0.550. The van der Waals surface area contributed by atoms with Gasteiger partial charge in [-0.15, -0.1) is 0 Å². The Hall–Kier alpha value is 0.497. The van der Waals surface area contributed by atoms with Crippen molar-refractivity contribution in [2.24, 2.45) is 5.92 Å². The summed E-state index contributed by atoms with van der Waals surface area (Å²) < 4.78 is 0.445. The van der Waals surface area contributed by atoms with Crippen LogP contribution in [-0.2, 0) is 19.1 Å². The van der Waals surface area contributed by atoms with E-state index in [0.717, 1.165) is 12.8 Å². The van der Waals surface area contributed by atoms with E-state index in [2.05, 4.69) is 45.2 Å². The number of hydrogen-bond acceptors (Lipinski definition) is 0. The van der Waals surface area contributed by atoms with Gasteiger partial charge in [0.2, 0.25) is 0 Å². The molecule has 0 aromatic carbocycles. The third kappa shape index (κ3) is 3.38. The van der Waals surface area contributed by atoms with Crippen molar-refractivity contribution in [1.29, 1.82) is 0 Å². The SMILES string of the molecule is CCC1=C(C2=CC=CC2)C2=C(CCCC(=[Si](C)C)C2C)[CH]1[Hf]([Cl])[Cl]. The van der Waals surface area contributed by atoms with Crippen molar-refractivity contribution in [2.75, 3.05) is 0 Å². The van der Waals surface area contributed by atoms with E-state index in [1.165, 1.54) is 24.8 Å². The zero-order valence-corrected chi connectivity index (χ0v) is 21.3. The molecule has 3 aliphatic rings. The van der Waals surface area contributed by atoms with Crippen LogP contribution in [0.1, 0.15) is 46.0 Å². The molecule has 0 fully saturated rings. The molecule has 24 heavy (non-hydrogen) atoms. The van der Waals surface area contributed by atoms with Crippen LogP contribution in [0.25, 0.3) is 0 Å². The van der Waals surface area contributed by atoms with Crippen LogP contribution < -0.4 is 0 Å². The van der Waals surface area contributed by atoms with E-state index in [1.54, 1.807) is 22.3 Å². The molecule has 0 amide bonds. The van der Waals surface area contributed by atoms with Gasteiger partial charge in [0, 0.05) is 0 Å². The summed E-state index contributed by atoms with van der Waals surface area (Å²) in [6.45, 7) is 9.67. The summed E-state index contributed by atoms with van der Waals surface area (Å²) in [7, 11) is 13.1. The first-order valence-electron chi connectivity index (χ1n) is 9.13. The predicted octanol–water partition coefficient (Wildman–Crippen LogP) is 6.93. The third-order valence-corrected chi connectivity index (χ3v) is 15.4. The Morgan fingerprint density at radius 2 is 2.00 bits per heavy atom. The first-order chi connectivity index (χ1) is 11.5. The molecular weight excluding hydrogens is 518 g/mol. The van der Waals surface area contributed by atoms with Crippen molar-refractivity contribution >= 4 is 30.7 Å². The fourth-order valence-corrected chi connectivity index (χ4v) is 15.0. The first kappa shape index (κ1) is 19.3. The Morgan fingerprint density at radius 3 is 2.54 bits per heavy atom. The van der Waals surface area contributed by atoms with E-state index in [-0.39, 0.29) is 8.41 Å².